The summed E-state index contributed by atoms with van der Waals surface area (Å²) in [4.78, 5) is 21.4. The van der Waals surface area contributed by atoms with Gasteiger partial charge < -0.3 is 9.80 Å². The molecule has 2 aromatic rings. The van der Waals surface area contributed by atoms with E-state index < -0.39 is 10.0 Å². The summed E-state index contributed by atoms with van der Waals surface area (Å²) in [5.74, 6) is 1.02. The highest BCUT2D eigenvalue weighted by atomic mass is 32.2. The molecule has 2 aliphatic rings. The zero-order chi connectivity index (χ0) is 19.6. The van der Waals surface area contributed by atoms with Crippen molar-refractivity contribution in [1.29, 1.82) is 0 Å². The van der Waals surface area contributed by atoms with Crippen LogP contribution in [0.3, 0.4) is 0 Å². The molecular weight excluding hydrogens is 396 g/mol. The monoisotopic (exact) mass is 420 g/mol. The minimum atomic E-state index is -3.42. The number of carbonyl (C=O) groups is 1. The van der Waals surface area contributed by atoms with Crippen LogP contribution in [0.2, 0.25) is 0 Å². The number of piperidine rings is 1. The predicted octanol–water partition coefficient (Wildman–Crippen LogP) is 1.89. The number of anilines is 1. The van der Waals surface area contributed by atoms with Gasteiger partial charge in [-0.3, -0.25) is 4.79 Å². The summed E-state index contributed by atoms with van der Waals surface area (Å²) in [6.07, 6.45) is 2.96. The third kappa shape index (κ3) is 3.92. The lowest BCUT2D eigenvalue weighted by atomic mass is 9.96. The number of hydrogen-bond donors (Lipinski definition) is 0. The fourth-order valence-corrected chi connectivity index (χ4v) is 6.45. The minimum absolute atomic E-state index is 0.0869. The van der Waals surface area contributed by atoms with Gasteiger partial charge in [-0.25, -0.2) is 13.4 Å². The van der Waals surface area contributed by atoms with E-state index in [0.29, 0.717) is 43.2 Å². The Morgan fingerprint density at radius 2 is 1.75 bits per heavy atom. The van der Waals surface area contributed by atoms with Gasteiger partial charge in [0.05, 0.1) is 0 Å². The molecule has 4 heterocycles. The van der Waals surface area contributed by atoms with Crippen LogP contribution in [-0.4, -0.2) is 67.8 Å². The van der Waals surface area contributed by atoms with E-state index in [1.165, 1.54) is 15.6 Å². The third-order valence-corrected chi connectivity index (χ3v) is 8.73. The van der Waals surface area contributed by atoms with E-state index in [-0.39, 0.29) is 11.8 Å². The van der Waals surface area contributed by atoms with Gasteiger partial charge in [0.15, 0.2) is 0 Å². The molecule has 0 radical (unpaired) electrons. The number of pyridine rings is 1. The molecule has 7 nitrogen and oxygen atoms in total. The second-order valence-electron chi connectivity index (χ2n) is 7.11. The summed E-state index contributed by atoms with van der Waals surface area (Å²) in [5, 5.41) is 1.77. The zero-order valence-electron chi connectivity index (χ0n) is 15.6. The summed E-state index contributed by atoms with van der Waals surface area (Å²) in [6, 6.07) is 9.24. The van der Waals surface area contributed by atoms with Gasteiger partial charge >= 0.3 is 0 Å². The van der Waals surface area contributed by atoms with Crippen molar-refractivity contribution >= 4 is 33.1 Å². The minimum Gasteiger partial charge on any atom is -0.353 e. The summed E-state index contributed by atoms with van der Waals surface area (Å²) in [7, 11) is -3.42. The van der Waals surface area contributed by atoms with Gasteiger partial charge in [-0.15, -0.1) is 11.3 Å². The summed E-state index contributed by atoms with van der Waals surface area (Å²) < 4.78 is 27.1. The quantitative estimate of drug-likeness (QED) is 0.755. The topological polar surface area (TPSA) is 73.8 Å². The van der Waals surface area contributed by atoms with Crippen molar-refractivity contribution in [3.63, 3.8) is 0 Å². The van der Waals surface area contributed by atoms with E-state index in [0.717, 1.165) is 18.9 Å². The fourth-order valence-electron chi connectivity index (χ4n) is 3.84. The van der Waals surface area contributed by atoms with Crippen molar-refractivity contribution in [2.75, 3.05) is 44.2 Å². The largest absolute Gasteiger partial charge is 0.353 e. The van der Waals surface area contributed by atoms with Crippen LogP contribution in [0, 0.1) is 5.92 Å². The van der Waals surface area contributed by atoms with E-state index in [4.69, 9.17) is 0 Å². The highest BCUT2D eigenvalue weighted by Gasteiger charge is 2.35. The van der Waals surface area contributed by atoms with Crippen molar-refractivity contribution in [3.05, 3.63) is 41.9 Å². The molecule has 4 rings (SSSR count). The highest BCUT2D eigenvalue weighted by molar-refractivity contribution is 7.91. The molecule has 1 amide bonds. The van der Waals surface area contributed by atoms with Gasteiger partial charge in [0, 0.05) is 51.4 Å². The standard InChI is InChI=1S/C19H24N4O3S2/c24-19(22-13-11-21(12-14-22)17-4-1-2-8-20-17)16-6-9-23(10-7-16)28(25,26)18-5-3-15-27-18/h1-5,8,15-16H,6-7,9-14H2. The molecule has 28 heavy (non-hydrogen) atoms. The average Bonchev–Trinajstić information content (AvgIpc) is 3.30. The zero-order valence-corrected chi connectivity index (χ0v) is 17.2. The molecule has 0 atom stereocenters. The fraction of sp³-hybridized carbons (Fsp3) is 0.474. The normalized spacial score (nSPS) is 19.7. The number of hydrogen-bond acceptors (Lipinski definition) is 6. The lowest BCUT2D eigenvalue weighted by molar-refractivity contribution is -0.137. The van der Waals surface area contributed by atoms with Crippen LogP contribution in [-0.2, 0) is 14.8 Å². The maximum atomic E-state index is 12.9. The molecule has 0 unspecified atom stereocenters. The highest BCUT2D eigenvalue weighted by Crippen LogP contribution is 2.27. The lowest BCUT2D eigenvalue weighted by Gasteiger charge is -2.38. The Labute approximate surface area is 169 Å². The predicted molar refractivity (Wildman–Crippen MR) is 109 cm³/mol. The summed E-state index contributed by atoms with van der Waals surface area (Å²) in [6.45, 7) is 3.73. The number of nitrogens with zero attached hydrogens (tertiary/aromatic N) is 4. The van der Waals surface area contributed by atoms with Crippen LogP contribution >= 0.6 is 11.3 Å². The summed E-state index contributed by atoms with van der Waals surface area (Å²) in [5.41, 5.74) is 0. The van der Waals surface area contributed by atoms with E-state index in [1.54, 1.807) is 23.7 Å². The second kappa shape index (κ2) is 8.18. The maximum absolute atomic E-state index is 12.9. The van der Waals surface area contributed by atoms with E-state index >= 15 is 0 Å². The van der Waals surface area contributed by atoms with Crippen LogP contribution in [0.1, 0.15) is 12.8 Å². The average molecular weight is 421 g/mol. The number of carbonyl (C=O) groups excluding carboxylic acids is 1. The number of sulfonamides is 1. The van der Waals surface area contributed by atoms with Gasteiger partial charge in [-0.2, -0.15) is 4.31 Å². The van der Waals surface area contributed by atoms with E-state index in [1.807, 2.05) is 23.1 Å². The molecule has 0 N–H and O–H groups in total. The van der Waals surface area contributed by atoms with Crippen molar-refractivity contribution in [2.24, 2.45) is 5.92 Å². The molecule has 2 fully saturated rings. The first-order chi connectivity index (χ1) is 13.6. The van der Waals surface area contributed by atoms with Crippen molar-refractivity contribution in [1.82, 2.24) is 14.2 Å². The first kappa shape index (κ1) is 19.4. The second-order valence-corrected chi connectivity index (χ2v) is 10.2. The van der Waals surface area contributed by atoms with Gasteiger partial charge in [0.1, 0.15) is 10.0 Å². The third-order valence-electron chi connectivity index (χ3n) is 5.46. The SMILES string of the molecule is O=C(C1CCN(S(=O)(=O)c2cccs2)CC1)N1CCN(c2ccccn2)CC1. The van der Waals surface area contributed by atoms with Gasteiger partial charge in [0.25, 0.3) is 10.0 Å². The van der Waals surface area contributed by atoms with Crippen molar-refractivity contribution in [3.8, 4) is 0 Å². The van der Waals surface area contributed by atoms with Crippen LogP contribution in [0.25, 0.3) is 0 Å². The number of aromatic nitrogens is 1. The maximum Gasteiger partial charge on any atom is 0.252 e. The van der Waals surface area contributed by atoms with Gasteiger partial charge in [0.2, 0.25) is 5.91 Å². The van der Waals surface area contributed by atoms with Gasteiger partial charge in [-0.05, 0) is 36.4 Å². The van der Waals surface area contributed by atoms with Crippen LogP contribution in [0.15, 0.2) is 46.1 Å². The Morgan fingerprint density at radius 1 is 1.00 bits per heavy atom. The Hall–Kier alpha value is -1.97. The molecule has 9 heteroatoms. The Balaban J connectivity index is 1.30. The molecule has 0 spiro atoms. The number of amides is 1. The van der Waals surface area contributed by atoms with Crippen molar-refractivity contribution in [2.45, 2.75) is 17.1 Å². The van der Waals surface area contributed by atoms with Crippen molar-refractivity contribution < 1.29 is 13.2 Å². The van der Waals surface area contributed by atoms with Crippen LogP contribution in [0.4, 0.5) is 5.82 Å². The number of thiophene rings is 1. The Morgan fingerprint density at radius 3 is 2.36 bits per heavy atom. The molecule has 2 saturated heterocycles. The Bertz CT molecular complexity index is 887. The molecule has 150 valence electrons. The summed E-state index contributed by atoms with van der Waals surface area (Å²) >= 11 is 1.24. The van der Waals surface area contributed by atoms with Crippen LogP contribution in [0.5, 0.6) is 0 Å². The lowest BCUT2D eigenvalue weighted by Crippen LogP contribution is -2.52. The first-order valence-corrected chi connectivity index (χ1v) is 11.9. The molecule has 2 aromatic heterocycles. The van der Waals surface area contributed by atoms with Gasteiger partial charge in [-0.1, -0.05) is 12.1 Å². The number of rotatable bonds is 4. The first-order valence-electron chi connectivity index (χ1n) is 9.54. The molecule has 0 bridgehead atoms. The van der Waals surface area contributed by atoms with E-state index in [2.05, 4.69) is 9.88 Å². The molecular formula is C19H24N4O3S2. The molecule has 0 aromatic carbocycles. The Kier molecular flexibility index (Phi) is 5.65. The molecule has 0 saturated carbocycles. The molecule has 0 aliphatic carbocycles. The van der Waals surface area contributed by atoms with Crippen LogP contribution < -0.4 is 4.90 Å². The number of piperazine rings is 1. The van der Waals surface area contributed by atoms with E-state index in [9.17, 15) is 13.2 Å². The molecule has 2 aliphatic heterocycles. The smallest absolute Gasteiger partial charge is 0.252 e.